The van der Waals surface area contributed by atoms with Crippen LogP contribution in [0.15, 0.2) is 17.5 Å². The van der Waals surface area contributed by atoms with Crippen LogP contribution in [0.25, 0.3) is 0 Å². The van der Waals surface area contributed by atoms with Crippen molar-refractivity contribution < 1.29 is 5.11 Å². The van der Waals surface area contributed by atoms with Crippen molar-refractivity contribution in [2.45, 2.75) is 25.5 Å². The molecule has 0 amide bonds. The Balaban J connectivity index is 0.00000144. The molecule has 13 heavy (non-hydrogen) atoms. The van der Waals surface area contributed by atoms with Crippen LogP contribution in [-0.4, -0.2) is 17.7 Å². The van der Waals surface area contributed by atoms with Crippen molar-refractivity contribution in [1.82, 2.24) is 5.32 Å². The van der Waals surface area contributed by atoms with Crippen molar-refractivity contribution in [1.29, 1.82) is 0 Å². The van der Waals surface area contributed by atoms with Gasteiger partial charge in [-0.3, -0.25) is 0 Å². The van der Waals surface area contributed by atoms with E-state index in [4.69, 9.17) is 0 Å². The first kappa shape index (κ1) is 12.9. The van der Waals surface area contributed by atoms with E-state index in [0.717, 1.165) is 4.88 Å². The lowest BCUT2D eigenvalue weighted by Gasteiger charge is -2.29. The van der Waals surface area contributed by atoms with Crippen molar-refractivity contribution in [2.24, 2.45) is 0 Å². The molecule has 0 spiro atoms. The topological polar surface area (TPSA) is 32.3 Å². The van der Waals surface area contributed by atoms with E-state index in [1.165, 1.54) is 0 Å². The van der Waals surface area contributed by atoms with Gasteiger partial charge in [0.2, 0.25) is 0 Å². The van der Waals surface area contributed by atoms with Gasteiger partial charge in [0, 0.05) is 10.4 Å². The van der Waals surface area contributed by atoms with Crippen LogP contribution in [0.1, 0.15) is 24.8 Å². The average Bonchev–Trinajstić information content (AvgIpc) is 2.55. The normalized spacial score (nSPS) is 13.5. The molecule has 1 unspecified atom stereocenters. The van der Waals surface area contributed by atoms with Gasteiger partial charge in [-0.2, -0.15) is 0 Å². The summed E-state index contributed by atoms with van der Waals surface area (Å²) < 4.78 is 0. The van der Waals surface area contributed by atoms with Gasteiger partial charge in [-0.15, -0.1) is 23.7 Å². The molecule has 1 atom stereocenters. The number of thiophene rings is 1. The third-order valence-electron chi connectivity index (χ3n) is 2.14. The van der Waals surface area contributed by atoms with E-state index in [0.29, 0.717) is 0 Å². The number of likely N-dealkylation sites (N-methyl/N-ethyl adjacent to an activating group) is 1. The van der Waals surface area contributed by atoms with Crippen LogP contribution < -0.4 is 5.32 Å². The Labute approximate surface area is 89.4 Å². The molecule has 0 aromatic carbocycles. The van der Waals surface area contributed by atoms with Gasteiger partial charge in [0.1, 0.15) is 6.10 Å². The van der Waals surface area contributed by atoms with Gasteiger partial charge < -0.3 is 10.4 Å². The number of halogens is 1. The standard InChI is InChI=1S/C9H15NOS.ClH/c1-9(2,10-3)8(11)7-5-4-6-12-7;/h4-6,8,10-11H,1-3H3;1H. The van der Waals surface area contributed by atoms with Gasteiger partial charge in [-0.25, -0.2) is 0 Å². The number of rotatable bonds is 3. The van der Waals surface area contributed by atoms with Crippen LogP contribution in [0, 0.1) is 0 Å². The van der Waals surface area contributed by atoms with Crippen molar-refractivity contribution >= 4 is 23.7 Å². The fraction of sp³-hybridized carbons (Fsp3) is 0.556. The minimum Gasteiger partial charge on any atom is -0.386 e. The fourth-order valence-corrected chi connectivity index (χ4v) is 1.83. The Kier molecular flexibility index (Phi) is 4.92. The smallest absolute Gasteiger partial charge is 0.106 e. The summed E-state index contributed by atoms with van der Waals surface area (Å²) in [7, 11) is 1.86. The predicted molar refractivity (Wildman–Crippen MR) is 59.7 cm³/mol. The van der Waals surface area contributed by atoms with Crippen molar-refractivity contribution in [3.63, 3.8) is 0 Å². The molecule has 0 saturated carbocycles. The molecule has 0 aliphatic carbocycles. The molecule has 1 aromatic heterocycles. The van der Waals surface area contributed by atoms with Crippen LogP contribution in [0.2, 0.25) is 0 Å². The van der Waals surface area contributed by atoms with Crippen LogP contribution in [-0.2, 0) is 0 Å². The maximum atomic E-state index is 9.89. The van der Waals surface area contributed by atoms with Crippen LogP contribution in [0.4, 0.5) is 0 Å². The molecule has 76 valence electrons. The van der Waals surface area contributed by atoms with E-state index in [1.807, 2.05) is 38.4 Å². The Morgan fingerprint density at radius 3 is 2.54 bits per heavy atom. The van der Waals surface area contributed by atoms with Gasteiger partial charge in [-0.05, 0) is 32.3 Å². The number of hydrogen-bond donors (Lipinski definition) is 2. The number of hydrogen-bond acceptors (Lipinski definition) is 3. The van der Waals surface area contributed by atoms with E-state index >= 15 is 0 Å². The third kappa shape index (κ3) is 2.95. The van der Waals surface area contributed by atoms with Gasteiger partial charge in [0.15, 0.2) is 0 Å². The highest BCUT2D eigenvalue weighted by Crippen LogP contribution is 2.28. The lowest BCUT2D eigenvalue weighted by atomic mass is 9.96. The molecule has 2 N–H and O–H groups in total. The Hall–Kier alpha value is -0.0900. The average molecular weight is 222 g/mol. The summed E-state index contributed by atoms with van der Waals surface area (Å²) in [5.74, 6) is 0. The molecule has 0 bridgehead atoms. The summed E-state index contributed by atoms with van der Waals surface area (Å²) >= 11 is 1.58. The monoisotopic (exact) mass is 221 g/mol. The largest absolute Gasteiger partial charge is 0.386 e. The lowest BCUT2D eigenvalue weighted by molar-refractivity contribution is 0.0886. The molecular weight excluding hydrogens is 206 g/mol. The number of nitrogens with one attached hydrogen (secondary N) is 1. The first-order valence-corrected chi connectivity index (χ1v) is 4.86. The predicted octanol–water partition coefficient (Wildman–Crippen LogP) is 2.20. The molecule has 0 aliphatic rings. The zero-order valence-corrected chi connectivity index (χ0v) is 9.71. The van der Waals surface area contributed by atoms with Crippen molar-refractivity contribution in [3.8, 4) is 0 Å². The first-order valence-electron chi connectivity index (χ1n) is 3.98. The number of aliphatic hydroxyl groups excluding tert-OH is 1. The molecule has 0 saturated heterocycles. The summed E-state index contributed by atoms with van der Waals surface area (Å²) in [4.78, 5) is 1.01. The molecule has 4 heteroatoms. The molecule has 0 fully saturated rings. The van der Waals surface area contributed by atoms with Crippen LogP contribution in [0.5, 0.6) is 0 Å². The van der Waals surface area contributed by atoms with Gasteiger partial charge >= 0.3 is 0 Å². The highest BCUT2D eigenvalue weighted by atomic mass is 35.5. The van der Waals surface area contributed by atoms with Crippen LogP contribution in [0.3, 0.4) is 0 Å². The summed E-state index contributed by atoms with van der Waals surface area (Å²) in [6.07, 6.45) is -0.428. The van der Waals surface area contributed by atoms with Crippen LogP contribution >= 0.6 is 23.7 Å². The lowest BCUT2D eigenvalue weighted by Crippen LogP contribution is -2.42. The Bertz CT molecular complexity index is 236. The summed E-state index contributed by atoms with van der Waals surface area (Å²) in [5, 5.41) is 14.9. The zero-order valence-electron chi connectivity index (χ0n) is 8.07. The summed E-state index contributed by atoms with van der Waals surface area (Å²) in [5.41, 5.74) is -0.259. The molecule has 0 radical (unpaired) electrons. The van der Waals surface area contributed by atoms with E-state index < -0.39 is 6.10 Å². The molecular formula is C9H16ClNOS. The van der Waals surface area contributed by atoms with Gasteiger partial charge in [-0.1, -0.05) is 6.07 Å². The van der Waals surface area contributed by atoms with Gasteiger partial charge in [0.25, 0.3) is 0 Å². The minimum absolute atomic E-state index is 0. The third-order valence-corrected chi connectivity index (χ3v) is 3.07. The maximum Gasteiger partial charge on any atom is 0.106 e. The highest BCUT2D eigenvalue weighted by molar-refractivity contribution is 7.10. The molecule has 2 nitrogen and oxygen atoms in total. The molecule has 1 aromatic rings. The van der Waals surface area contributed by atoms with E-state index in [9.17, 15) is 5.11 Å². The van der Waals surface area contributed by atoms with Crippen molar-refractivity contribution in [2.75, 3.05) is 7.05 Å². The SMILES string of the molecule is CNC(C)(C)C(O)c1cccs1.Cl. The quantitative estimate of drug-likeness (QED) is 0.821. The molecule has 1 heterocycles. The second-order valence-corrected chi connectivity index (χ2v) is 4.37. The van der Waals surface area contributed by atoms with E-state index in [1.54, 1.807) is 11.3 Å². The second kappa shape index (κ2) is 4.96. The molecule has 0 aliphatic heterocycles. The van der Waals surface area contributed by atoms with E-state index in [-0.39, 0.29) is 17.9 Å². The Morgan fingerprint density at radius 1 is 1.54 bits per heavy atom. The summed E-state index contributed by atoms with van der Waals surface area (Å²) in [6, 6.07) is 3.91. The van der Waals surface area contributed by atoms with Gasteiger partial charge in [0.05, 0.1) is 0 Å². The second-order valence-electron chi connectivity index (χ2n) is 3.39. The fourth-order valence-electron chi connectivity index (χ4n) is 0.939. The van der Waals surface area contributed by atoms with E-state index in [2.05, 4.69) is 5.32 Å². The first-order chi connectivity index (χ1) is 5.58. The zero-order chi connectivity index (χ0) is 9.19. The molecule has 1 rings (SSSR count). The maximum absolute atomic E-state index is 9.89. The number of aliphatic hydroxyl groups is 1. The highest BCUT2D eigenvalue weighted by Gasteiger charge is 2.27. The summed E-state index contributed by atoms with van der Waals surface area (Å²) in [6.45, 7) is 3.97. The minimum atomic E-state index is -0.428. The van der Waals surface area contributed by atoms with Crippen molar-refractivity contribution in [3.05, 3.63) is 22.4 Å². The Morgan fingerprint density at radius 2 is 2.15 bits per heavy atom.